The van der Waals surface area contributed by atoms with Crippen LogP contribution in [-0.2, 0) is 0 Å². The molecule has 0 saturated heterocycles. The van der Waals surface area contributed by atoms with Crippen LogP contribution in [0.2, 0.25) is 0 Å². The monoisotopic (exact) mass is 337 g/mol. The molecule has 1 aliphatic carbocycles. The van der Waals surface area contributed by atoms with E-state index in [1.807, 2.05) is 26.0 Å². The quantitative estimate of drug-likeness (QED) is 0.822. The van der Waals surface area contributed by atoms with Crippen molar-refractivity contribution in [1.82, 2.24) is 4.98 Å². The summed E-state index contributed by atoms with van der Waals surface area (Å²) in [4.78, 5) is 15.2. The van der Waals surface area contributed by atoms with E-state index in [4.69, 9.17) is 9.84 Å². The maximum atomic E-state index is 10.9. The molecule has 1 aromatic carbocycles. The predicted molar refractivity (Wildman–Crippen MR) is 99.9 cm³/mol. The van der Waals surface area contributed by atoms with Crippen molar-refractivity contribution >= 4 is 5.97 Å². The fraction of sp³-hybridized carbons (Fsp3) is 0.238. The van der Waals surface area contributed by atoms with Gasteiger partial charge < -0.3 is 9.84 Å². The third kappa shape index (κ3) is 5.31. The Morgan fingerprint density at radius 1 is 1.08 bits per heavy atom. The minimum atomic E-state index is -0.926. The van der Waals surface area contributed by atoms with Crippen LogP contribution < -0.4 is 4.74 Å². The molecule has 0 aliphatic heterocycles. The fourth-order valence-corrected chi connectivity index (χ4v) is 2.37. The van der Waals surface area contributed by atoms with Gasteiger partial charge in [0.15, 0.2) is 0 Å². The van der Waals surface area contributed by atoms with Crippen LogP contribution in [0.5, 0.6) is 5.88 Å². The van der Waals surface area contributed by atoms with Crippen LogP contribution in [0.25, 0.3) is 11.1 Å². The first-order valence-corrected chi connectivity index (χ1v) is 8.50. The third-order valence-corrected chi connectivity index (χ3v) is 3.66. The molecular weight excluding hydrogens is 314 g/mol. The first-order chi connectivity index (χ1) is 12.2. The molecular formula is C21H23NO3. The minimum Gasteiger partial charge on any atom is -0.478 e. The number of hydrogen-bond donors (Lipinski definition) is 1. The van der Waals surface area contributed by atoms with Gasteiger partial charge in [0, 0.05) is 17.8 Å². The van der Waals surface area contributed by atoms with Crippen molar-refractivity contribution in [2.24, 2.45) is 0 Å². The van der Waals surface area contributed by atoms with Crippen molar-refractivity contribution in [3.63, 3.8) is 0 Å². The van der Waals surface area contributed by atoms with Crippen molar-refractivity contribution in [3.05, 3.63) is 72.0 Å². The van der Waals surface area contributed by atoms with Gasteiger partial charge in [0.2, 0.25) is 5.88 Å². The molecule has 0 spiro atoms. The highest BCUT2D eigenvalue weighted by Crippen LogP contribution is 2.21. The lowest BCUT2D eigenvalue weighted by atomic mass is 10.1. The number of carbonyl (C=O) groups is 1. The summed E-state index contributed by atoms with van der Waals surface area (Å²) in [6.45, 7) is 4.52. The molecule has 2 aromatic rings. The highest BCUT2D eigenvalue weighted by molar-refractivity contribution is 5.88. The summed E-state index contributed by atoms with van der Waals surface area (Å²) in [5.41, 5.74) is 3.29. The van der Waals surface area contributed by atoms with E-state index >= 15 is 0 Å². The zero-order chi connectivity index (χ0) is 18.1. The van der Waals surface area contributed by atoms with Crippen molar-refractivity contribution in [1.29, 1.82) is 0 Å². The van der Waals surface area contributed by atoms with E-state index in [1.165, 1.54) is 5.57 Å². The second kappa shape index (κ2) is 9.42. The van der Waals surface area contributed by atoms with Crippen LogP contribution in [0.3, 0.4) is 0 Å². The van der Waals surface area contributed by atoms with Gasteiger partial charge in [-0.2, -0.15) is 0 Å². The maximum Gasteiger partial charge on any atom is 0.335 e. The van der Waals surface area contributed by atoms with E-state index in [2.05, 4.69) is 23.2 Å². The Morgan fingerprint density at radius 2 is 1.80 bits per heavy atom. The van der Waals surface area contributed by atoms with Crippen LogP contribution in [0.15, 0.2) is 66.4 Å². The largest absolute Gasteiger partial charge is 0.478 e. The van der Waals surface area contributed by atoms with Crippen LogP contribution >= 0.6 is 0 Å². The second-order valence-electron chi connectivity index (χ2n) is 5.32. The Labute approximate surface area is 148 Å². The van der Waals surface area contributed by atoms with Gasteiger partial charge in [-0.1, -0.05) is 44.2 Å². The van der Waals surface area contributed by atoms with Crippen molar-refractivity contribution in [2.75, 3.05) is 6.61 Å². The Balaban J connectivity index is 0.00000109. The summed E-state index contributed by atoms with van der Waals surface area (Å²) < 4.78 is 5.68. The average molecular weight is 337 g/mol. The first kappa shape index (κ1) is 18.5. The molecule has 0 fully saturated rings. The normalized spacial score (nSPS) is 12.6. The van der Waals surface area contributed by atoms with E-state index in [0.29, 0.717) is 12.5 Å². The number of aromatic carboxylic acids is 1. The number of hydrogen-bond acceptors (Lipinski definition) is 3. The number of nitrogens with zero attached hydrogens (tertiary/aromatic N) is 1. The molecule has 0 atom stereocenters. The number of carboxylic acids is 1. The molecule has 0 saturated carbocycles. The van der Waals surface area contributed by atoms with Gasteiger partial charge in [0.25, 0.3) is 0 Å². The Bertz CT molecular complexity index is 744. The molecule has 0 radical (unpaired) electrons. The molecule has 0 amide bonds. The molecule has 4 nitrogen and oxygen atoms in total. The van der Waals surface area contributed by atoms with E-state index in [1.54, 1.807) is 30.5 Å². The van der Waals surface area contributed by atoms with E-state index in [-0.39, 0.29) is 5.56 Å². The van der Waals surface area contributed by atoms with Crippen LogP contribution in [-0.4, -0.2) is 22.7 Å². The first-order valence-electron chi connectivity index (χ1n) is 8.50. The maximum absolute atomic E-state index is 10.9. The highest BCUT2D eigenvalue weighted by Gasteiger charge is 2.05. The summed E-state index contributed by atoms with van der Waals surface area (Å²) in [6, 6.07) is 10.5. The molecule has 130 valence electrons. The fourth-order valence-electron chi connectivity index (χ4n) is 2.37. The molecule has 25 heavy (non-hydrogen) atoms. The Morgan fingerprint density at radius 3 is 2.36 bits per heavy atom. The molecule has 1 aliphatic rings. The molecule has 3 rings (SSSR count). The lowest BCUT2D eigenvalue weighted by Crippen LogP contribution is -2.02. The number of benzene rings is 1. The van der Waals surface area contributed by atoms with E-state index < -0.39 is 5.97 Å². The minimum absolute atomic E-state index is 0.274. The summed E-state index contributed by atoms with van der Waals surface area (Å²) in [5, 5.41) is 8.91. The van der Waals surface area contributed by atoms with Gasteiger partial charge >= 0.3 is 5.97 Å². The van der Waals surface area contributed by atoms with E-state index in [9.17, 15) is 4.79 Å². The molecule has 0 bridgehead atoms. The van der Waals surface area contributed by atoms with Gasteiger partial charge in [-0.05, 0) is 42.2 Å². The van der Waals surface area contributed by atoms with Crippen molar-refractivity contribution < 1.29 is 14.6 Å². The van der Waals surface area contributed by atoms with Crippen molar-refractivity contribution in [3.8, 4) is 17.0 Å². The number of aromatic nitrogens is 1. The van der Waals surface area contributed by atoms with Gasteiger partial charge in [-0.15, -0.1) is 0 Å². The standard InChI is InChI=1S/C19H17NO3.C2H6/c21-19(22)16-8-6-15(7-9-16)17-10-11-18(20-12-17)23-13-14-4-2-1-3-5-14;1-2/h2,4-12H,1,3,13H2,(H,21,22);1-2H3. The van der Waals surface area contributed by atoms with Crippen LogP contribution in [0.4, 0.5) is 0 Å². The van der Waals surface area contributed by atoms with Gasteiger partial charge in [0.1, 0.15) is 6.61 Å². The molecule has 1 heterocycles. The molecule has 1 aromatic heterocycles. The summed E-state index contributed by atoms with van der Waals surface area (Å²) >= 11 is 0. The lowest BCUT2D eigenvalue weighted by Gasteiger charge is -2.09. The summed E-state index contributed by atoms with van der Waals surface area (Å²) in [7, 11) is 0. The molecule has 1 N–H and O–H groups in total. The van der Waals surface area contributed by atoms with Crippen LogP contribution in [0, 0.1) is 0 Å². The zero-order valence-corrected chi connectivity index (χ0v) is 14.6. The number of carboxylic acid groups (broad SMARTS) is 1. The highest BCUT2D eigenvalue weighted by atomic mass is 16.5. The lowest BCUT2D eigenvalue weighted by molar-refractivity contribution is 0.0697. The zero-order valence-electron chi connectivity index (χ0n) is 14.6. The topological polar surface area (TPSA) is 59.4 Å². The number of ether oxygens (including phenoxy) is 1. The number of rotatable bonds is 5. The SMILES string of the molecule is CC.O=C(O)c1ccc(-c2ccc(OCC3=CCCC=C3)nc2)cc1. The smallest absolute Gasteiger partial charge is 0.335 e. The predicted octanol–water partition coefficient (Wildman–Crippen LogP) is 5.13. The Hall–Kier alpha value is -2.88. The molecule has 0 unspecified atom stereocenters. The van der Waals surface area contributed by atoms with Gasteiger partial charge in [-0.3, -0.25) is 0 Å². The molecule has 4 heteroatoms. The third-order valence-electron chi connectivity index (χ3n) is 3.66. The van der Waals surface area contributed by atoms with Gasteiger partial charge in [0.05, 0.1) is 5.56 Å². The second-order valence-corrected chi connectivity index (χ2v) is 5.32. The van der Waals surface area contributed by atoms with E-state index in [0.717, 1.165) is 24.0 Å². The van der Waals surface area contributed by atoms with Crippen LogP contribution in [0.1, 0.15) is 37.0 Å². The summed E-state index contributed by atoms with van der Waals surface area (Å²) in [5.74, 6) is -0.347. The van der Waals surface area contributed by atoms with Gasteiger partial charge in [-0.25, -0.2) is 9.78 Å². The van der Waals surface area contributed by atoms with Crippen molar-refractivity contribution in [2.45, 2.75) is 26.7 Å². The number of pyridine rings is 1. The summed E-state index contributed by atoms with van der Waals surface area (Å²) in [6.07, 6.45) is 10.3. The Kier molecular flexibility index (Phi) is 6.96. The average Bonchev–Trinajstić information content (AvgIpc) is 2.69. The number of allylic oxidation sites excluding steroid dienone is 2.